The van der Waals surface area contributed by atoms with Crippen LogP contribution in [-0.2, 0) is 21.6 Å². The van der Waals surface area contributed by atoms with Crippen LogP contribution in [0.5, 0.6) is 11.6 Å². The minimum atomic E-state index is -0.588. The largest absolute Gasteiger partial charge is 0.439 e. The Labute approximate surface area is 133 Å². The summed E-state index contributed by atoms with van der Waals surface area (Å²) in [7, 11) is 0. The van der Waals surface area contributed by atoms with Gasteiger partial charge in [0.15, 0.2) is 6.29 Å². The van der Waals surface area contributed by atoms with Gasteiger partial charge in [-0.3, -0.25) is 9.59 Å². The van der Waals surface area contributed by atoms with Crippen LogP contribution in [-0.4, -0.2) is 23.7 Å². The highest BCUT2D eigenvalue weighted by Gasteiger charge is 2.49. The molecule has 0 bridgehead atoms. The van der Waals surface area contributed by atoms with Gasteiger partial charge in [0.05, 0.1) is 13.2 Å². The average Bonchev–Trinajstić information content (AvgIpc) is 3.35. The number of ketones is 1. The number of nitrogens with zero attached hydrogens (tertiary/aromatic N) is 1. The van der Waals surface area contributed by atoms with Crippen LogP contribution in [0.4, 0.5) is 0 Å². The third-order valence-electron chi connectivity index (χ3n) is 4.47. The van der Waals surface area contributed by atoms with E-state index in [1.165, 1.54) is 17.3 Å². The van der Waals surface area contributed by atoms with Crippen LogP contribution >= 0.6 is 0 Å². The highest BCUT2D eigenvalue weighted by atomic mass is 16.5. The Bertz CT molecular complexity index is 778. The lowest BCUT2D eigenvalue weighted by Gasteiger charge is -2.27. The number of fused-ring (bicyclic) bond motifs is 2. The van der Waals surface area contributed by atoms with Gasteiger partial charge in [0.25, 0.3) is 0 Å². The second-order valence-electron chi connectivity index (χ2n) is 6.03. The summed E-state index contributed by atoms with van der Waals surface area (Å²) in [5, 5.41) is 0. The van der Waals surface area contributed by atoms with Gasteiger partial charge in [-0.05, 0) is 30.5 Å². The number of pyridine rings is 1. The van der Waals surface area contributed by atoms with E-state index in [1.54, 1.807) is 12.1 Å². The lowest BCUT2D eigenvalue weighted by Crippen LogP contribution is -2.23. The molecule has 1 saturated carbocycles. The number of aldehydes is 1. The fourth-order valence-corrected chi connectivity index (χ4v) is 3.12. The van der Waals surface area contributed by atoms with E-state index in [-0.39, 0.29) is 17.3 Å². The van der Waals surface area contributed by atoms with Crippen molar-refractivity contribution in [3.05, 3.63) is 53.2 Å². The molecule has 0 unspecified atom stereocenters. The summed E-state index contributed by atoms with van der Waals surface area (Å²) < 4.78 is 11.6. The monoisotopic (exact) mass is 309 g/mol. The Morgan fingerprint density at radius 3 is 2.83 bits per heavy atom. The fraction of sp³-hybridized carbons (Fsp3) is 0.278. The van der Waals surface area contributed by atoms with Crippen molar-refractivity contribution in [2.75, 3.05) is 6.61 Å². The molecule has 2 heterocycles. The Hall–Kier alpha value is -2.53. The molecule has 2 aliphatic rings. The van der Waals surface area contributed by atoms with Crippen LogP contribution in [0.15, 0.2) is 36.5 Å². The van der Waals surface area contributed by atoms with E-state index in [4.69, 9.17) is 9.47 Å². The fourth-order valence-electron chi connectivity index (χ4n) is 3.12. The molecule has 0 atom stereocenters. The molecule has 0 radical (unpaired) electrons. The van der Waals surface area contributed by atoms with Crippen LogP contribution < -0.4 is 4.74 Å². The molecular formula is C18H15NO4. The number of benzene rings is 1. The van der Waals surface area contributed by atoms with Gasteiger partial charge in [-0.15, -0.1) is 0 Å². The molecule has 0 saturated heterocycles. The summed E-state index contributed by atoms with van der Waals surface area (Å²) in [6, 6.07) is 9.11. The van der Waals surface area contributed by atoms with Gasteiger partial charge in [-0.25, -0.2) is 4.98 Å². The molecule has 1 aromatic heterocycles. The predicted octanol–water partition coefficient (Wildman–Crippen LogP) is 2.82. The van der Waals surface area contributed by atoms with E-state index in [2.05, 4.69) is 11.1 Å². The van der Waals surface area contributed by atoms with Gasteiger partial charge in [0.1, 0.15) is 5.75 Å². The Morgan fingerprint density at radius 2 is 2.13 bits per heavy atom. The first-order valence-corrected chi connectivity index (χ1v) is 7.55. The zero-order valence-corrected chi connectivity index (χ0v) is 12.5. The average molecular weight is 309 g/mol. The van der Waals surface area contributed by atoms with Gasteiger partial charge in [-0.1, -0.05) is 12.1 Å². The van der Waals surface area contributed by atoms with Crippen LogP contribution in [0.2, 0.25) is 0 Å². The maximum absolute atomic E-state index is 11.3. The summed E-state index contributed by atoms with van der Waals surface area (Å²) in [4.78, 5) is 25.9. The molecule has 5 nitrogen and oxygen atoms in total. The molecule has 1 spiro atoms. The molecule has 5 heteroatoms. The number of rotatable bonds is 4. The predicted molar refractivity (Wildman–Crippen MR) is 81.7 cm³/mol. The quantitative estimate of drug-likeness (QED) is 0.493. The van der Waals surface area contributed by atoms with Crippen molar-refractivity contribution in [1.29, 1.82) is 0 Å². The summed E-state index contributed by atoms with van der Waals surface area (Å²) in [5.74, 6) is 0.614. The van der Waals surface area contributed by atoms with E-state index in [0.29, 0.717) is 12.5 Å². The number of carbonyl (C=O) groups is 2. The van der Waals surface area contributed by atoms with Crippen molar-refractivity contribution in [2.24, 2.45) is 0 Å². The summed E-state index contributed by atoms with van der Waals surface area (Å²) in [6.45, 7) is 1.34. The number of aromatic nitrogens is 1. The lowest BCUT2D eigenvalue weighted by molar-refractivity contribution is -0.104. The minimum Gasteiger partial charge on any atom is -0.439 e. The number of Topliss-reactive ketones (excluding diaryl/α,β-unsaturated/α-hetero) is 1. The highest BCUT2D eigenvalue weighted by Crippen LogP contribution is 2.55. The molecule has 2 aromatic rings. The first-order valence-electron chi connectivity index (χ1n) is 7.55. The van der Waals surface area contributed by atoms with Crippen molar-refractivity contribution >= 4 is 12.1 Å². The topological polar surface area (TPSA) is 65.5 Å². The van der Waals surface area contributed by atoms with Crippen LogP contribution in [0.3, 0.4) is 0 Å². The van der Waals surface area contributed by atoms with E-state index < -0.39 is 5.78 Å². The Kier molecular flexibility index (Phi) is 3.23. The second kappa shape index (κ2) is 5.28. The molecule has 1 aliphatic carbocycles. The normalized spacial score (nSPS) is 17.4. The summed E-state index contributed by atoms with van der Waals surface area (Å²) >= 11 is 0. The van der Waals surface area contributed by atoms with Crippen molar-refractivity contribution in [3.8, 4) is 11.6 Å². The zero-order chi connectivity index (χ0) is 15.9. The molecule has 1 fully saturated rings. The summed E-state index contributed by atoms with van der Waals surface area (Å²) in [5.41, 5.74) is 2.74. The van der Waals surface area contributed by atoms with Crippen molar-refractivity contribution in [3.63, 3.8) is 0 Å². The van der Waals surface area contributed by atoms with E-state index in [1.807, 2.05) is 12.1 Å². The number of ether oxygens (including phenoxy) is 2. The first-order chi connectivity index (χ1) is 11.2. The lowest BCUT2D eigenvalue weighted by atomic mass is 9.89. The standard InChI is InChI=1S/C18H15NO4/c20-9-14(21)12-4-5-16(19-8-12)23-15-3-1-2-13-10-22-11-18(6-7-18)17(13)15/h1-5,8-9H,6-7,10-11H2. The maximum atomic E-state index is 11.3. The maximum Gasteiger partial charge on any atom is 0.226 e. The van der Waals surface area contributed by atoms with Crippen LogP contribution in [0.25, 0.3) is 0 Å². The minimum absolute atomic E-state index is 0.0948. The van der Waals surface area contributed by atoms with Gasteiger partial charge in [0.2, 0.25) is 11.7 Å². The highest BCUT2D eigenvalue weighted by molar-refractivity contribution is 6.33. The van der Waals surface area contributed by atoms with Crippen molar-refractivity contribution in [2.45, 2.75) is 24.9 Å². The number of carbonyl (C=O) groups excluding carboxylic acids is 2. The SMILES string of the molecule is O=CC(=O)c1ccc(Oc2cccc3c2C2(CC2)COC3)nc1. The summed E-state index contributed by atoms with van der Waals surface area (Å²) in [6.07, 6.45) is 3.86. The number of hydrogen-bond acceptors (Lipinski definition) is 5. The van der Waals surface area contributed by atoms with Gasteiger partial charge in [-0.2, -0.15) is 0 Å². The number of hydrogen-bond donors (Lipinski definition) is 0. The Balaban J connectivity index is 1.65. The third-order valence-corrected chi connectivity index (χ3v) is 4.47. The van der Waals surface area contributed by atoms with Crippen LogP contribution in [0.1, 0.15) is 34.3 Å². The third kappa shape index (κ3) is 2.43. The molecule has 0 N–H and O–H groups in total. The second-order valence-corrected chi connectivity index (χ2v) is 6.03. The van der Waals surface area contributed by atoms with E-state index in [9.17, 15) is 9.59 Å². The van der Waals surface area contributed by atoms with Crippen LogP contribution in [0, 0.1) is 0 Å². The van der Waals surface area contributed by atoms with Crippen molar-refractivity contribution in [1.82, 2.24) is 4.98 Å². The zero-order valence-electron chi connectivity index (χ0n) is 12.5. The first kappa shape index (κ1) is 14.1. The molecule has 1 aromatic carbocycles. The molecule has 23 heavy (non-hydrogen) atoms. The van der Waals surface area contributed by atoms with Gasteiger partial charge >= 0.3 is 0 Å². The van der Waals surface area contributed by atoms with E-state index >= 15 is 0 Å². The molecular weight excluding hydrogens is 294 g/mol. The van der Waals surface area contributed by atoms with Gasteiger partial charge in [0, 0.05) is 28.8 Å². The molecule has 4 rings (SSSR count). The van der Waals surface area contributed by atoms with Crippen molar-refractivity contribution < 1.29 is 19.1 Å². The smallest absolute Gasteiger partial charge is 0.226 e. The molecule has 116 valence electrons. The molecule has 0 amide bonds. The van der Waals surface area contributed by atoms with Gasteiger partial charge < -0.3 is 9.47 Å². The van der Waals surface area contributed by atoms with E-state index in [0.717, 1.165) is 25.2 Å². The molecule has 1 aliphatic heterocycles. The Morgan fingerprint density at radius 1 is 1.26 bits per heavy atom.